The second kappa shape index (κ2) is 6.90. The summed E-state index contributed by atoms with van der Waals surface area (Å²) in [5.74, 6) is -0.0261. The Morgan fingerprint density at radius 2 is 2.26 bits per heavy atom. The van der Waals surface area contributed by atoms with Crippen molar-refractivity contribution in [3.05, 3.63) is 29.0 Å². The van der Waals surface area contributed by atoms with Gasteiger partial charge in [-0.25, -0.2) is 18.7 Å². The normalized spacial score (nSPS) is 18.8. The Bertz CT molecular complexity index is 700. The molecule has 1 aliphatic heterocycles. The number of morpholine rings is 1. The van der Waals surface area contributed by atoms with Gasteiger partial charge < -0.3 is 14.4 Å². The third-order valence-corrected chi connectivity index (χ3v) is 3.88. The first-order valence-electron chi connectivity index (χ1n) is 7.19. The van der Waals surface area contributed by atoms with Crippen LogP contribution >= 0.6 is 11.6 Å². The summed E-state index contributed by atoms with van der Waals surface area (Å²) in [6.45, 7) is 1.97. The predicted molar refractivity (Wildman–Crippen MR) is 83.3 cm³/mol. The molecular formula is C15H16ClF2N3O2. The van der Waals surface area contributed by atoms with Crippen LogP contribution < -0.4 is 4.90 Å². The molecule has 5 nitrogen and oxygen atoms in total. The zero-order chi connectivity index (χ0) is 16.4. The van der Waals surface area contributed by atoms with E-state index in [-0.39, 0.29) is 6.10 Å². The van der Waals surface area contributed by atoms with E-state index < -0.39 is 12.2 Å². The van der Waals surface area contributed by atoms with E-state index >= 15 is 0 Å². The molecular weight excluding hydrogens is 328 g/mol. The van der Waals surface area contributed by atoms with E-state index in [1.54, 1.807) is 25.3 Å². The van der Waals surface area contributed by atoms with Crippen LogP contribution in [-0.4, -0.2) is 49.5 Å². The zero-order valence-electron chi connectivity index (χ0n) is 12.5. The number of benzene rings is 1. The lowest BCUT2D eigenvalue weighted by Gasteiger charge is -2.34. The quantitative estimate of drug-likeness (QED) is 0.853. The monoisotopic (exact) mass is 343 g/mol. The van der Waals surface area contributed by atoms with Gasteiger partial charge in [0.15, 0.2) is 5.82 Å². The van der Waals surface area contributed by atoms with Crippen LogP contribution in [0.15, 0.2) is 18.2 Å². The highest BCUT2D eigenvalue weighted by Crippen LogP contribution is 2.30. The minimum Gasteiger partial charge on any atom is -0.382 e. The molecule has 0 aliphatic carbocycles. The summed E-state index contributed by atoms with van der Waals surface area (Å²) in [4.78, 5) is 9.91. The molecule has 0 amide bonds. The maximum atomic E-state index is 13.1. The van der Waals surface area contributed by atoms with Crippen molar-refractivity contribution in [3.8, 4) is 0 Å². The van der Waals surface area contributed by atoms with Crippen molar-refractivity contribution in [2.24, 2.45) is 0 Å². The molecule has 0 unspecified atom stereocenters. The number of methoxy groups -OCH3 is 1. The summed E-state index contributed by atoms with van der Waals surface area (Å²) in [7, 11) is 1.59. The van der Waals surface area contributed by atoms with Crippen LogP contribution in [0.2, 0.25) is 5.02 Å². The van der Waals surface area contributed by atoms with Gasteiger partial charge in [0.1, 0.15) is 5.82 Å². The second-order valence-corrected chi connectivity index (χ2v) is 5.70. The van der Waals surface area contributed by atoms with Crippen molar-refractivity contribution in [1.29, 1.82) is 0 Å². The van der Waals surface area contributed by atoms with Crippen molar-refractivity contribution in [2.45, 2.75) is 12.5 Å². The molecule has 8 heteroatoms. The number of hydrogen-bond donors (Lipinski definition) is 0. The maximum absolute atomic E-state index is 13.1. The van der Waals surface area contributed by atoms with Gasteiger partial charge in [-0.3, -0.25) is 0 Å². The Hall–Kier alpha value is -1.57. The first-order valence-corrected chi connectivity index (χ1v) is 7.57. The van der Waals surface area contributed by atoms with E-state index in [0.29, 0.717) is 48.0 Å². The number of fused-ring (bicyclic) bond motifs is 1. The SMILES string of the molecule is COC[C@@H]1CN(c2nc(C(F)F)nc3ccc(Cl)cc23)CCO1. The van der Waals surface area contributed by atoms with Gasteiger partial charge in [-0.05, 0) is 18.2 Å². The Morgan fingerprint density at radius 1 is 1.43 bits per heavy atom. The van der Waals surface area contributed by atoms with E-state index in [1.807, 2.05) is 4.90 Å². The van der Waals surface area contributed by atoms with E-state index in [9.17, 15) is 8.78 Å². The zero-order valence-corrected chi connectivity index (χ0v) is 13.3. The van der Waals surface area contributed by atoms with Crippen LogP contribution in [0.4, 0.5) is 14.6 Å². The molecule has 0 N–H and O–H groups in total. The number of aromatic nitrogens is 2. The summed E-state index contributed by atoms with van der Waals surface area (Å²) in [6, 6.07) is 4.95. The average molecular weight is 344 g/mol. The molecule has 1 saturated heterocycles. The molecule has 1 fully saturated rings. The van der Waals surface area contributed by atoms with Crippen LogP contribution in [0.3, 0.4) is 0 Å². The summed E-state index contributed by atoms with van der Waals surface area (Å²) in [5, 5.41) is 1.16. The molecule has 0 saturated carbocycles. The molecule has 0 spiro atoms. The maximum Gasteiger partial charge on any atom is 0.297 e. The standard InChI is InChI=1S/C15H16ClF2N3O2/c1-22-8-10-7-21(4-5-23-10)15-11-6-9(16)2-3-12(11)19-14(20-15)13(17)18/h2-3,6,10,13H,4-5,7-8H2,1H3/t10-/m0/s1. The van der Waals surface area contributed by atoms with Gasteiger partial charge in [-0.15, -0.1) is 0 Å². The third-order valence-electron chi connectivity index (χ3n) is 3.64. The van der Waals surface area contributed by atoms with Crippen molar-refractivity contribution in [1.82, 2.24) is 9.97 Å². The van der Waals surface area contributed by atoms with Crippen LogP contribution in [-0.2, 0) is 9.47 Å². The molecule has 0 bridgehead atoms. The van der Waals surface area contributed by atoms with Crippen molar-refractivity contribution in [2.75, 3.05) is 38.3 Å². The molecule has 1 aromatic carbocycles. The summed E-state index contributed by atoms with van der Waals surface area (Å²) in [5.41, 5.74) is 0.449. The Balaban J connectivity index is 2.05. The molecule has 2 aromatic rings. The second-order valence-electron chi connectivity index (χ2n) is 5.26. The summed E-state index contributed by atoms with van der Waals surface area (Å²) in [6.07, 6.45) is -2.86. The molecule has 1 aromatic heterocycles. The highest BCUT2D eigenvalue weighted by Gasteiger charge is 2.25. The van der Waals surface area contributed by atoms with Gasteiger partial charge in [0.2, 0.25) is 0 Å². The average Bonchev–Trinajstić information content (AvgIpc) is 2.54. The number of anilines is 1. The van der Waals surface area contributed by atoms with Crippen LogP contribution in [0.5, 0.6) is 0 Å². The number of ether oxygens (including phenoxy) is 2. The predicted octanol–water partition coefficient (Wildman–Crippen LogP) is 3.07. The number of rotatable bonds is 4. The molecule has 2 heterocycles. The largest absolute Gasteiger partial charge is 0.382 e. The number of nitrogens with zero attached hydrogens (tertiary/aromatic N) is 3. The molecule has 0 radical (unpaired) electrons. The fourth-order valence-corrected chi connectivity index (χ4v) is 2.81. The molecule has 23 heavy (non-hydrogen) atoms. The van der Waals surface area contributed by atoms with E-state index in [2.05, 4.69) is 9.97 Å². The first-order chi connectivity index (χ1) is 11.1. The first kappa shape index (κ1) is 16.3. The molecule has 124 valence electrons. The number of alkyl halides is 2. The highest BCUT2D eigenvalue weighted by molar-refractivity contribution is 6.31. The van der Waals surface area contributed by atoms with Crippen LogP contribution in [0, 0.1) is 0 Å². The van der Waals surface area contributed by atoms with Gasteiger partial charge in [0.05, 0.1) is 24.8 Å². The lowest BCUT2D eigenvalue weighted by molar-refractivity contribution is -0.0102. The summed E-state index contributed by atoms with van der Waals surface area (Å²) >= 11 is 6.04. The van der Waals surface area contributed by atoms with E-state index in [0.717, 1.165) is 0 Å². The molecule has 3 rings (SSSR count). The Labute approximate surface area is 137 Å². The lowest BCUT2D eigenvalue weighted by atomic mass is 10.2. The van der Waals surface area contributed by atoms with E-state index in [4.69, 9.17) is 21.1 Å². The number of hydrogen-bond acceptors (Lipinski definition) is 5. The summed E-state index contributed by atoms with van der Waals surface area (Å²) < 4.78 is 36.9. The molecule has 1 aliphatic rings. The Morgan fingerprint density at radius 3 is 3.00 bits per heavy atom. The lowest BCUT2D eigenvalue weighted by Crippen LogP contribution is -2.45. The van der Waals surface area contributed by atoms with Gasteiger partial charge in [0.25, 0.3) is 6.43 Å². The van der Waals surface area contributed by atoms with Crippen molar-refractivity contribution in [3.63, 3.8) is 0 Å². The van der Waals surface area contributed by atoms with Crippen LogP contribution in [0.25, 0.3) is 10.9 Å². The Kier molecular flexibility index (Phi) is 4.89. The van der Waals surface area contributed by atoms with Crippen molar-refractivity contribution >= 4 is 28.3 Å². The van der Waals surface area contributed by atoms with Gasteiger partial charge >= 0.3 is 0 Å². The van der Waals surface area contributed by atoms with E-state index in [1.165, 1.54) is 0 Å². The van der Waals surface area contributed by atoms with Gasteiger partial charge in [0, 0.05) is 30.6 Å². The minimum atomic E-state index is -2.73. The fourth-order valence-electron chi connectivity index (χ4n) is 2.64. The third kappa shape index (κ3) is 3.52. The number of halogens is 3. The van der Waals surface area contributed by atoms with Crippen molar-refractivity contribution < 1.29 is 18.3 Å². The topological polar surface area (TPSA) is 47.5 Å². The van der Waals surface area contributed by atoms with Gasteiger partial charge in [-0.2, -0.15) is 0 Å². The van der Waals surface area contributed by atoms with Crippen LogP contribution in [0.1, 0.15) is 12.2 Å². The van der Waals surface area contributed by atoms with Gasteiger partial charge in [-0.1, -0.05) is 11.6 Å². The molecule has 1 atom stereocenters. The fraction of sp³-hybridized carbons (Fsp3) is 0.467. The minimum absolute atomic E-state index is 0.132. The smallest absolute Gasteiger partial charge is 0.297 e. The highest BCUT2D eigenvalue weighted by atomic mass is 35.5.